The summed E-state index contributed by atoms with van der Waals surface area (Å²) in [6.45, 7) is 0. The average Bonchev–Trinajstić information content (AvgIpc) is 3.44. The lowest BCUT2D eigenvalue weighted by molar-refractivity contribution is 0.00678. The molecule has 0 spiro atoms. The van der Waals surface area contributed by atoms with E-state index in [0.29, 0.717) is 28.4 Å². The summed E-state index contributed by atoms with van der Waals surface area (Å²) in [6.07, 6.45) is 6.71. The fraction of sp³-hybridized carbons (Fsp3) is 0.318. The van der Waals surface area contributed by atoms with Gasteiger partial charge < -0.3 is 25.2 Å². The number of nitrogens with one attached hydrogen (secondary N) is 3. The van der Waals surface area contributed by atoms with Crippen LogP contribution in [0, 0.1) is 0 Å². The number of hydrogen-bond donors (Lipinski definition) is 3. The van der Waals surface area contributed by atoms with E-state index in [-0.39, 0.29) is 29.0 Å². The fourth-order valence-electron chi connectivity index (χ4n) is 3.94. The van der Waals surface area contributed by atoms with Crippen LogP contribution in [0.15, 0.2) is 46.1 Å². The van der Waals surface area contributed by atoms with E-state index in [1.807, 2.05) is 0 Å². The summed E-state index contributed by atoms with van der Waals surface area (Å²) >= 11 is 0. The van der Waals surface area contributed by atoms with Gasteiger partial charge in [-0.25, -0.2) is 4.98 Å². The normalized spacial score (nSPS) is 17.4. The van der Waals surface area contributed by atoms with Crippen molar-refractivity contribution in [3.63, 3.8) is 0 Å². The molecule has 1 aliphatic rings. The number of carbonyl (C=O) groups excluding carboxylic acids is 1. The summed E-state index contributed by atoms with van der Waals surface area (Å²) in [7, 11) is 5.13. The van der Waals surface area contributed by atoms with Crippen molar-refractivity contribution in [2.24, 2.45) is 7.05 Å². The maximum atomic E-state index is 13.1. The fourth-order valence-corrected chi connectivity index (χ4v) is 3.94. The van der Waals surface area contributed by atoms with Crippen molar-refractivity contribution in [2.45, 2.75) is 25.0 Å². The molecule has 12 nitrogen and oxygen atoms in total. The van der Waals surface area contributed by atoms with Gasteiger partial charge in [0.05, 0.1) is 29.7 Å². The van der Waals surface area contributed by atoms with E-state index in [1.54, 1.807) is 62.7 Å². The van der Waals surface area contributed by atoms with Gasteiger partial charge in [0.1, 0.15) is 17.0 Å². The van der Waals surface area contributed by atoms with Gasteiger partial charge in [0.25, 0.3) is 11.5 Å². The van der Waals surface area contributed by atoms with Crippen molar-refractivity contribution >= 4 is 34.1 Å². The first kappa shape index (κ1) is 21.6. The van der Waals surface area contributed by atoms with Gasteiger partial charge in [0, 0.05) is 39.7 Å². The molecular formula is C22H24N8O4. The molecule has 1 aliphatic carbocycles. The Morgan fingerprint density at radius 1 is 1.26 bits per heavy atom. The van der Waals surface area contributed by atoms with Gasteiger partial charge >= 0.3 is 0 Å². The molecule has 4 aromatic rings. The number of carbonyl (C=O) groups is 1. The van der Waals surface area contributed by atoms with Gasteiger partial charge in [-0.05, 0) is 25.0 Å². The zero-order valence-corrected chi connectivity index (χ0v) is 18.9. The van der Waals surface area contributed by atoms with E-state index in [1.165, 1.54) is 4.57 Å². The Hall–Kier alpha value is -4.19. The Morgan fingerprint density at radius 2 is 2.12 bits per heavy atom. The number of fused-ring (bicyclic) bond motifs is 1. The number of amides is 1. The molecule has 1 amide bonds. The molecule has 1 fully saturated rings. The van der Waals surface area contributed by atoms with Crippen molar-refractivity contribution < 1.29 is 14.1 Å². The standard InChI is InChI=1S/C22H24N8O4/c1-23-15-9-17(25-14-5-4-8-30(22(14)32)12-10-24-29(2)11-12)27-19-18(15)28-34-20(19)21(31)26-13-6-7-16(13)33-3/h4-5,8-11,13,16,23H,6-7H2,1-3H3,(H,25,27)(H,26,31)/t13-,16-/m1/s1. The van der Waals surface area contributed by atoms with Crippen molar-refractivity contribution in [3.05, 3.63) is 52.9 Å². The number of methoxy groups -OCH3 is 1. The van der Waals surface area contributed by atoms with E-state index >= 15 is 0 Å². The number of hydrogen-bond acceptors (Lipinski definition) is 9. The molecule has 3 N–H and O–H groups in total. The lowest BCUT2D eigenvalue weighted by Gasteiger charge is -2.35. The van der Waals surface area contributed by atoms with E-state index < -0.39 is 5.91 Å². The van der Waals surface area contributed by atoms with Crippen molar-refractivity contribution in [3.8, 4) is 5.69 Å². The van der Waals surface area contributed by atoms with Crippen molar-refractivity contribution in [1.29, 1.82) is 0 Å². The summed E-state index contributed by atoms with van der Waals surface area (Å²) in [5.74, 6) is -0.0640. The lowest BCUT2D eigenvalue weighted by atomic mass is 9.89. The number of anilines is 3. The molecule has 12 heteroatoms. The average molecular weight is 464 g/mol. The third kappa shape index (κ3) is 3.77. The highest BCUT2D eigenvalue weighted by Gasteiger charge is 2.34. The Morgan fingerprint density at radius 3 is 2.79 bits per heavy atom. The molecule has 34 heavy (non-hydrogen) atoms. The third-order valence-electron chi connectivity index (χ3n) is 5.92. The maximum Gasteiger partial charge on any atom is 0.292 e. The van der Waals surface area contributed by atoms with Crippen LogP contribution in [0.2, 0.25) is 0 Å². The molecule has 0 unspecified atom stereocenters. The number of aromatic nitrogens is 5. The topological polar surface area (TPSA) is 141 Å². The minimum atomic E-state index is -0.417. The third-order valence-corrected chi connectivity index (χ3v) is 5.92. The Kier molecular flexibility index (Phi) is 5.49. The second-order valence-corrected chi connectivity index (χ2v) is 8.04. The van der Waals surface area contributed by atoms with E-state index in [0.717, 1.165) is 12.8 Å². The number of rotatable bonds is 7. The van der Waals surface area contributed by atoms with Gasteiger partial charge in [0.15, 0.2) is 5.52 Å². The maximum absolute atomic E-state index is 13.1. The van der Waals surface area contributed by atoms with Gasteiger partial charge in [-0.2, -0.15) is 5.10 Å². The summed E-state index contributed by atoms with van der Waals surface area (Å²) in [6, 6.07) is 5.01. The monoisotopic (exact) mass is 464 g/mol. The van der Waals surface area contributed by atoms with E-state index in [4.69, 9.17) is 9.26 Å². The molecule has 176 valence electrons. The molecule has 4 aromatic heterocycles. The summed E-state index contributed by atoms with van der Waals surface area (Å²) in [4.78, 5) is 30.5. The summed E-state index contributed by atoms with van der Waals surface area (Å²) in [5.41, 5.74) is 1.96. The van der Waals surface area contributed by atoms with Crippen LogP contribution in [-0.2, 0) is 11.8 Å². The van der Waals surface area contributed by atoms with Gasteiger partial charge in [-0.3, -0.25) is 18.8 Å². The highest BCUT2D eigenvalue weighted by molar-refractivity contribution is 6.05. The van der Waals surface area contributed by atoms with Crippen LogP contribution in [0.25, 0.3) is 16.7 Å². The zero-order chi connectivity index (χ0) is 23.8. The predicted octanol–water partition coefficient (Wildman–Crippen LogP) is 1.80. The van der Waals surface area contributed by atoms with Crippen LogP contribution in [0.5, 0.6) is 0 Å². The van der Waals surface area contributed by atoms with Crippen LogP contribution in [0.4, 0.5) is 17.2 Å². The van der Waals surface area contributed by atoms with Crippen molar-refractivity contribution in [2.75, 3.05) is 24.8 Å². The largest absolute Gasteiger partial charge is 0.386 e. The van der Waals surface area contributed by atoms with Crippen LogP contribution in [-0.4, -0.2) is 56.7 Å². The molecule has 0 saturated heterocycles. The summed E-state index contributed by atoms with van der Waals surface area (Å²) in [5, 5.41) is 17.2. The quantitative estimate of drug-likeness (QED) is 0.373. The smallest absolute Gasteiger partial charge is 0.292 e. The molecule has 0 bridgehead atoms. The molecular weight excluding hydrogens is 440 g/mol. The number of ether oxygens (including phenoxy) is 1. The predicted molar refractivity (Wildman–Crippen MR) is 125 cm³/mol. The second kappa shape index (κ2) is 8.63. The first-order valence-electron chi connectivity index (χ1n) is 10.8. The molecule has 5 rings (SSSR count). The lowest BCUT2D eigenvalue weighted by Crippen LogP contribution is -2.51. The minimum Gasteiger partial charge on any atom is -0.386 e. The Balaban J connectivity index is 1.48. The molecule has 4 heterocycles. The van der Waals surface area contributed by atoms with Gasteiger partial charge in [0.2, 0.25) is 5.76 Å². The zero-order valence-electron chi connectivity index (χ0n) is 18.9. The highest BCUT2D eigenvalue weighted by Crippen LogP contribution is 2.29. The molecule has 1 saturated carbocycles. The van der Waals surface area contributed by atoms with E-state index in [9.17, 15) is 9.59 Å². The Labute approximate surface area is 193 Å². The van der Waals surface area contributed by atoms with Crippen LogP contribution >= 0.6 is 0 Å². The Bertz CT molecular complexity index is 1420. The number of nitrogens with zero attached hydrogens (tertiary/aromatic N) is 5. The molecule has 0 radical (unpaired) electrons. The van der Waals surface area contributed by atoms with Crippen LogP contribution in [0.1, 0.15) is 23.4 Å². The van der Waals surface area contributed by atoms with Gasteiger partial charge in [-0.1, -0.05) is 5.16 Å². The number of pyridine rings is 2. The first-order chi connectivity index (χ1) is 16.5. The summed E-state index contributed by atoms with van der Waals surface area (Å²) < 4.78 is 13.8. The van der Waals surface area contributed by atoms with Crippen molar-refractivity contribution in [1.82, 2.24) is 29.8 Å². The highest BCUT2D eigenvalue weighted by atomic mass is 16.5. The minimum absolute atomic E-state index is 0.00210. The SMILES string of the molecule is CNc1cc(Nc2cccn(-c3cnn(C)c3)c2=O)nc2c(C(=O)N[C@@H]3CC[C@H]3OC)onc12. The van der Waals surface area contributed by atoms with E-state index in [2.05, 4.69) is 31.2 Å². The second-order valence-electron chi connectivity index (χ2n) is 8.04. The van der Waals surface area contributed by atoms with Crippen LogP contribution < -0.4 is 21.5 Å². The first-order valence-corrected chi connectivity index (χ1v) is 10.8. The molecule has 0 aliphatic heterocycles. The number of aryl methyl sites for hydroxylation is 1. The van der Waals surface area contributed by atoms with Gasteiger partial charge in [-0.15, -0.1) is 0 Å². The molecule has 2 atom stereocenters. The molecule has 0 aromatic carbocycles. The van der Waals surface area contributed by atoms with Crippen LogP contribution in [0.3, 0.4) is 0 Å².